The molecule has 0 amide bonds. The van der Waals surface area contributed by atoms with Crippen LogP contribution in [-0.4, -0.2) is 35.0 Å². The number of nitrogens with one attached hydrogen (secondary N) is 1. The van der Waals surface area contributed by atoms with E-state index < -0.39 is 11.7 Å². The molecule has 0 heterocycles. The number of ether oxygens (including phenoxy) is 1. The van der Waals surface area contributed by atoms with Crippen molar-refractivity contribution in [3.63, 3.8) is 0 Å². The number of halogens is 3. The highest BCUT2D eigenvalue weighted by atomic mass is 35.5. The van der Waals surface area contributed by atoms with Crippen molar-refractivity contribution in [3.8, 4) is 5.75 Å². The Morgan fingerprint density at radius 3 is 2.78 bits per heavy atom. The number of hydrogen-bond acceptors (Lipinski definition) is 4. The number of benzene rings is 1. The van der Waals surface area contributed by atoms with Crippen LogP contribution in [0.5, 0.6) is 5.75 Å². The Morgan fingerprint density at radius 1 is 1.44 bits per heavy atom. The minimum Gasteiger partial charge on any atom is -0.420 e. The third kappa shape index (κ3) is 6.00. The van der Waals surface area contributed by atoms with E-state index in [0.29, 0.717) is 5.69 Å². The van der Waals surface area contributed by atoms with Gasteiger partial charge >= 0.3 is 5.57 Å². The van der Waals surface area contributed by atoms with E-state index in [9.17, 15) is 13.9 Å². The maximum atomic E-state index is 12.4. The maximum Gasteiger partial charge on any atom is 0.487 e. The molecule has 4 nitrogen and oxygen atoms in total. The maximum absolute atomic E-state index is 12.4. The van der Waals surface area contributed by atoms with Gasteiger partial charge in [0.05, 0.1) is 6.10 Å². The number of aliphatic hydroxyl groups is 2. The zero-order chi connectivity index (χ0) is 13.6. The summed E-state index contributed by atoms with van der Waals surface area (Å²) >= 11 is 4.65. The molecule has 1 aromatic rings. The molecular weight excluding hydrogens is 268 g/mol. The monoisotopic (exact) mass is 281 g/mol. The molecule has 1 rings (SSSR count). The minimum atomic E-state index is -3.75. The summed E-state index contributed by atoms with van der Waals surface area (Å²) in [4.78, 5) is 0. The summed E-state index contributed by atoms with van der Waals surface area (Å²) in [5.74, 6) is -0.0864. The van der Waals surface area contributed by atoms with Crippen LogP contribution in [0.4, 0.5) is 14.5 Å². The summed E-state index contributed by atoms with van der Waals surface area (Å²) in [5.41, 5.74) is -3.25. The highest BCUT2D eigenvalue weighted by molar-refractivity contribution is 6.20. The average molecular weight is 282 g/mol. The van der Waals surface area contributed by atoms with Gasteiger partial charge in [-0.3, -0.25) is 0 Å². The molecule has 0 saturated carbocycles. The van der Waals surface area contributed by atoms with Gasteiger partial charge in [-0.2, -0.15) is 0 Å². The molecule has 0 aromatic heterocycles. The molecule has 1 aromatic carbocycles. The van der Waals surface area contributed by atoms with Crippen molar-refractivity contribution in [1.29, 1.82) is 0 Å². The summed E-state index contributed by atoms with van der Waals surface area (Å²) in [6.45, 7) is 0.0751. The normalized spacial score (nSPS) is 13.2. The first-order chi connectivity index (χ1) is 8.40. The van der Waals surface area contributed by atoms with Crippen LogP contribution in [0.25, 0.3) is 0 Å². The summed E-state index contributed by atoms with van der Waals surface area (Å²) in [5, 5.41) is 20.8. The van der Waals surface area contributed by atoms with Gasteiger partial charge in [-0.1, -0.05) is 6.07 Å². The molecule has 0 aliphatic carbocycles. The van der Waals surface area contributed by atoms with Gasteiger partial charge in [0.1, 0.15) is 5.75 Å². The Bertz CT molecular complexity index is 374. The second-order valence-corrected chi connectivity index (χ2v) is 4.06. The van der Waals surface area contributed by atoms with E-state index in [1.807, 2.05) is 0 Å². The van der Waals surface area contributed by atoms with Crippen molar-refractivity contribution < 1.29 is 23.7 Å². The standard InChI is InChI=1S/C11H14ClF2NO3/c12-11(13,14)18-10-3-1-2-8(6-10)15-7-9(17)4-5-16/h1-3,6,9,15-17H,4-5,7H2. The lowest BCUT2D eigenvalue weighted by molar-refractivity contribution is -0.0964. The number of anilines is 1. The summed E-state index contributed by atoms with van der Waals surface area (Å²) in [6.07, 6.45) is -0.475. The second kappa shape index (κ2) is 6.72. The van der Waals surface area contributed by atoms with Crippen molar-refractivity contribution in [1.82, 2.24) is 0 Å². The first-order valence-electron chi connectivity index (χ1n) is 5.29. The fourth-order valence-corrected chi connectivity index (χ4v) is 1.38. The van der Waals surface area contributed by atoms with E-state index in [1.165, 1.54) is 18.2 Å². The highest BCUT2D eigenvalue weighted by Gasteiger charge is 2.27. The second-order valence-electron chi connectivity index (χ2n) is 3.62. The van der Waals surface area contributed by atoms with Crippen LogP contribution in [0.15, 0.2) is 24.3 Å². The van der Waals surface area contributed by atoms with Gasteiger partial charge in [-0.25, -0.2) is 0 Å². The van der Waals surface area contributed by atoms with Crippen molar-refractivity contribution in [3.05, 3.63) is 24.3 Å². The number of rotatable bonds is 7. The Labute approximate surface area is 108 Å². The van der Waals surface area contributed by atoms with E-state index in [1.54, 1.807) is 6.07 Å². The third-order valence-electron chi connectivity index (χ3n) is 2.07. The molecule has 1 unspecified atom stereocenters. The largest absolute Gasteiger partial charge is 0.487 e. The summed E-state index contributed by atoms with van der Waals surface area (Å²) in [7, 11) is 0. The van der Waals surface area contributed by atoms with Gasteiger partial charge in [0, 0.05) is 36.5 Å². The quantitative estimate of drug-likeness (QED) is 0.669. The number of alkyl halides is 3. The summed E-state index contributed by atoms with van der Waals surface area (Å²) in [6, 6.07) is 5.82. The lowest BCUT2D eigenvalue weighted by Gasteiger charge is -2.14. The van der Waals surface area contributed by atoms with E-state index in [-0.39, 0.29) is 25.3 Å². The smallest absolute Gasteiger partial charge is 0.420 e. The van der Waals surface area contributed by atoms with E-state index in [0.717, 1.165) is 0 Å². The van der Waals surface area contributed by atoms with Gasteiger partial charge in [0.2, 0.25) is 0 Å². The lowest BCUT2D eigenvalue weighted by Crippen LogP contribution is -2.20. The Kier molecular flexibility index (Phi) is 5.58. The van der Waals surface area contributed by atoms with Crippen LogP contribution < -0.4 is 10.1 Å². The van der Waals surface area contributed by atoms with Crippen molar-refractivity contribution in [2.24, 2.45) is 0 Å². The van der Waals surface area contributed by atoms with Crippen molar-refractivity contribution >= 4 is 17.3 Å². The van der Waals surface area contributed by atoms with Gasteiger partial charge in [0.15, 0.2) is 0 Å². The molecule has 18 heavy (non-hydrogen) atoms. The van der Waals surface area contributed by atoms with Crippen LogP contribution in [-0.2, 0) is 0 Å². The summed E-state index contributed by atoms with van der Waals surface area (Å²) < 4.78 is 29.0. The molecular formula is C11H14ClF2NO3. The van der Waals surface area contributed by atoms with Gasteiger partial charge in [0.25, 0.3) is 0 Å². The SMILES string of the molecule is OCCC(O)CNc1cccc(OC(F)(F)Cl)c1. The van der Waals surface area contributed by atoms with E-state index >= 15 is 0 Å². The van der Waals surface area contributed by atoms with E-state index in [2.05, 4.69) is 21.7 Å². The number of aliphatic hydroxyl groups excluding tert-OH is 2. The van der Waals surface area contributed by atoms with Crippen LogP contribution in [0, 0.1) is 0 Å². The predicted molar refractivity (Wildman–Crippen MR) is 64.1 cm³/mol. The van der Waals surface area contributed by atoms with Gasteiger partial charge in [-0.05, 0) is 18.6 Å². The third-order valence-corrected chi connectivity index (χ3v) is 2.15. The topological polar surface area (TPSA) is 61.7 Å². The molecule has 0 spiro atoms. The average Bonchev–Trinajstić information content (AvgIpc) is 2.25. The zero-order valence-electron chi connectivity index (χ0n) is 9.44. The van der Waals surface area contributed by atoms with Gasteiger partial charge in [-0.15, -0.1) is 8.78 Å². The molecule has 0 aliphatic rings. The zero-order valence-corrected chi connectivity index (χ0v) is 10.2. The fraction of sp³-hybridized carbons (Fsp3) is 0.455. The molecule has 7 heteroatoms. The van der Waals surface area contributed by atoms with Crippen LogP contribution in [0.3, 0.4) is 0 Å². The van der Waals surface area contributed by atoms with Gasteiger partial charge < -0.3 is 20.3 Å². The number of hydrogen-bond donors (Lipinski definition) is 3. The molecule has 0 radical (unpaired) electrons. The fourth-order valence-electron chi connectivity index (χ4n) is 1.29. The molecule has 102 valence electrons. The molecule has 0 bridgehead atoms. The first kappa shape index (κ1) is 14.9. The highest BCUT2D eigenvalue weighted by Crippen LogP contribution is 2.26. The predicted octanol–water partition coefficient (Wildman–Crippen LogP) is 2.01. The lowest BCUT2D eigenvalue weighted by atomic mass is 10.2. The molecule has 3 N–H and O–H groups in total. The Hall–Kier alpha value is -1.11. The van der Waals surface area contributed by atoms with Crippen LogP contribution in [0.2, 0.25) is 0 Å². The van der Waals surface area contributed by atoms with Crippen LogP contribution in [0.1, 0.15) is 6.42 Å². The van der Waals surface area contributed by atoms with Crippen molar-refractivity contribution in [2.75, 3.05) is 18.5 Å². The van der Waals surface area contributed by atoms with Crippen LogP contribution >= 0.6 is 11.6 Å². The molecule has 0 saturated heterocycles. The minimum absolute atomic E-state index is 0.0864. The Morgan fingerprint density at radius 2 is 2.17 bits per heavy atom. The van der Waals surface area contributed by atoms with E-state index in [4.69, 9.17) is 5.11 Å². The molecule has 0 aliphatic heterocycles. The Balaban J connectivity index is 2.54. The molecule has 0 fully saturated rings. The molecule has 1 atom stereocenters. The first-order valence-corrected chi connectivity index (χ1v) is 5.67. The van der Waals surface area contributed by atoms with Crippen molar-refractivity contribution in [2.45, 2.75) is 18.1 Å².